The van der Waals surface area contributed by atoms with E-state index in [9.17, 15) is 13.2 Å². The Bertz CT molecular complexity index is 1210. The molecule has 1 amide bonds. The van der Waals surface area contributed by atoms with Gasteiger partial charge in [0.25, 0.3) is 0 Å². The number of carbonyl (C=O) groups excluding carboxylic acids is 1. The number of sulfonamides is 1. The molecular weight excluding hydrogens is 464 g/mol. The highest BCUT2D eigenvalue weighted by atomic mass is 32.2. The van der Waals surface area contributed by atoms with E-state index in [1.807, 2.05) is 55.5 Å². The number of aryl methyl sites for hydroxylation is 1. The van der Waals surface area contributed by atoms with Gasteiger partial charge in [-0.15, -0.1) is 0 Å². The van der Waals surface area contributed by atoms with Gasteiger partial charge in [0.15, 0.2) is 11.5 Å². The van der Waals surface area contributed by atoms with Crippen LogP contribution in [0.3, 0.4) is 0 Å². The molecule has 0 aliphatic heterocycles. The van der Waals surface area contributed by atoms with Crippen LogP contribution in [0.4, 0.5) is 0 Å². The summed E-state index contributed by atoms with van der Waals surface area (Å²) in [6, 6.07) is 21.4. The summed E-state index contributed by atoms with van der Waals surface area (Å²) >= 11 is 0. The standard InChI is InChI=1S/C27H32N2O5S/c1-20(23-7-5-4-6-8-23)29-35(31,32)24-13-9-21(10-14-24)12-16-27(30)28-18-17-22-11-15-25(33-2)26(19-22)34-3/h4-11,13-15,19-20,29H,12,16-18H2,1-3H3,(H,28,30)/t20-/m0/s1. The van der Waals surface area contributed by atoms with Crippen LogP contribution in [0.1, 0.15) is 36.1 Å². The quantitative estimate of drug-likeness (QED) is 0.395. The number of nitrogens with one attached hydrogen (secondary N) is 2. The molecule has 0 saturated carbocycles. The summed E-state index contributed by atoms with van der Waals surface area (Å²) in [6.07, 6.45) is 1.52. The van der Waals surface area contributed by atoms with Gasteiger partial charge in [0.05, 0.1) is 19.1 Å². The first-order valence-corrected chi connectivity index (χ1v) is 12.9. The zero-order valence-electron chi connectivity index (χ0n) is 20.3. The van der Waals surface area contributed by atoms with E-state index in [1.54, 1.807) is 38.5 Å². The Labute approximate surface area is 207 Å². The molecule has 0 heterocycles. The second-order valence-electron chi connectivity index (χ2n) is 8.19. The van der Waals surface area contributed by atoms with Gasteiger partial charge in [0.1, 0.15) is 0 Å². The van der Waals surface area contributed by atoms with Crippen LogP contribution in [-0.2, 0) is 27.7 Å². The maximum Gasteiger partial charge on any atom is 0.241 e. The molecule has 3 rings (SSSR count). The van der Waals surface area contributed by atoms with E-state index in [0.717, 1.165) is 16.7 Å². The van der Waals surface area contributed by atoms with Crippen molar-refractivity contribution in [1.29, 1.82) is 0 Å². The predicted molar refractivity (Wildman–Crippen MR) is 136 cm³/mol. The Morgan fingerprint density at radius 1 is 0.857 bits per heavy atom. The predicted octanol–water partition coefficient (Wildman–Crippen LogP) is 4.03. The van der Waals surface area contributed by atoms with E-state index >= 15 is 0 Å². The molecule has 3 aromatic carbocycles. The molecule has 2 N–H and O–H groups in total. The van der Waals surface area contributed by atoms with Gasteiger partial charge in [-0.25, -0.2) is 13.1 Å². The fraction of sp³-hybridized carbons (Fsp3) is 0.296. The summed E-state index contributed by atoms with van der Waals surface area (Å²) < 4.78 is 38.7. The van der Waals surface area contributed by atoms with Crippen LogP contribution in [0, 0.1) is 0 Å². The molecule has 0 fully saturated rings. The van der Waals surface area contributed by atoms with Gasteiger partial charge >= 0.3 is 0 Å². The van der Waals surface area contributed by atoms with Crippen molar-refractivity contribution in [3.05, 3.63) is 89.5 Å². The molecule has 1 atom stereocenters. The Balaban J connectivity index is 1.46. The van der Waals surface area contributed by atoms with E-state index in [4.69, 9.17) is 9.47 Å². The van der Waals surface area contributed by atoms with E-state index in [2.05, 4.69) is 10.0 Å². The first kappa shape index (κ1) is 26.2. The minimum absolute atomic E-state index is 0.0551. The van der Waals surface area contributed by atoms with Crippen molar-refractivity contribution in [3.8, 4) is 11.5 Å². The molecule has 0 spiro atoms. The maximum atomic E-state index is 12.7. The van der Waals surface area contributed by atoms with Gasteiger partial charge in [-0.3, -0.25) is 4.79 Å². The Kier molecular flexibility index (Phi) is 9.28. The van der Waals surface area contributed by atoms with Gasteiger partial charge < -0.3 is 14.8 Å². The summed E-state index contributed by atoms with van der Waals surface area (Å²) in [5.74, 6) is 1.27. The highest BCUT2D eigenvalue weighted by molar-refractivity contribution is 7.89. The van der Waals surface area contributed by atoms with Crippen LogP contribution < -0.4 is 19.5 Å². The summed E-state index contributed by atoms with van der Waals surface area (Å²) in [5.41, 5.74) is 2.83. The van der Waals surface area contributed by atoms with Crippen LogP contribution in [0.25, 0.3) is 0 Å². The second kappa shape index (κ2) is 12.4. The zero-order valence-corrected chi connectivity index (χ0v) is 21.1. The molecule has 186 valence electrons. The number of hydrogen-bond acceptors (Lipinski definition) is 5. The van der Waals surface area contributed by atoms with Gasteiger partial charge in [-0.05, 0) is 60.7 Å². The molecule has 7 nitrogen and oxygen atoms in total. The Hall–Kier alpha value is -3.36. The van der Waals surface area contributed by atoms with Crippen molar-refractivity contribution < 1.29 is 22.7 Å². The van der Waals surface area contributed by atoms with Crippen molar-refractivity contribution in [2.24, 2.45) is 0 Å². The molecule has 0 aliphatic carbocycles. The number of ether oxygens (including phenoxy) is 2. The number of benzene rings is 3. The van der Waals surface area contributed by atoms with E-state index in [0.29, 0.717) is 37.3 Å². The lowest BCUT2D eigenvalue weighted by Gasteiger charge is -2.15. The molecule has 0 aliphatic rings. The minimum atomic E-state index is -3.65. The fourth-order valence-electron chi connectivity index (χ4n) is 3.67. The Morgan fingerprint density at radius 3 is 2.17 bits per heavy atom. The number of amides is 1. The van der Waals surface area contributed by atoms with E-state index in [-0.39, 0.29) is 16.8 Å². The first-order valence-electron chi connectivity index (χ1n) is 11.5. The summed E-state index contributed by atoms with van der Waals surface area (Å²) in [7, 11) is -0.468. The molecular formula is C27H32N2O5S. The van der Waals surface area contributed by atoms with Crippen molar-refractivity contribution >= 4 is 15.9 Å². The highest BCUT2D eigenvalue weighted by Crippen LogP contribution is 2.27. The lowest BCUT2D eigenvalue weighted by molar-refractivity contribution is -0.121. The van der Waals surface area contributed by atoms with Crippen molar-refractivity contribution in [1.82, 2.24) is 10.0 Å². The van der Waals surface area contributed by atoms with Crippen molar-refractivity contribution in [3.63, 3.8) is 0 Å². The van der Waals surface area contributed by atoms with E-state index in [1.165, 1.54) is 0 Å². The van der Waals surface area contributed by atoms with Crippen molar-refractivity contribution in [2.75, 3.05) is 20.8 Å². The SMILES string of the molecule is COc1ccc(CCNC(=O)CCc2ccc(S(=O)(=O)N[C@@H](C)c3ccccc3)cc2)cc1OC. The van der Waals surface area contributed by atoms with Crippen LogP contribution >= 0.6 is 0 Å². The normalized spacial score (nSPS) is 12.1. The second-order valence-corrected chi connectivity index (χ2v) is 9.90. The third-order valence-corrected chi connectivity index (χ3v) is 7.25. The highest BCUT2D eigenvalue weighted by Gasteiger charge is 2.18. The number of hydrogen-bond donors (Lipinski definition) is 2. The maximum absolute atomic E-state index is 12.7. The third kappa shape index (κ3) is 7.56. The molecule has 3 aromatic rings. The fourth-order valence-corrected chi connectivity index (χ4v) is 4.91. The summed E-state index contributed by atoms with van der Waals surface area (Å²) in [5, 5.41) is 2.92. The molecule has 0 saturated heterocycles. The summed E-state index contributed by atoms with van der Waals surface area (Å²) in [4.78, 5) is 12.4. The Morgan fingerprint density at radius 2 is 1.51 bits per heavy atom. The average Bonchev–Trinajstić information content (AvgIpc) is 2.87. The monoisotopic (exact) mass is 496 g/mol. The molecule has 35 heavy (non-hydrogen) atoms. The van der Waals surface area contributed by atoms with Crippen LogP contribution in [0.2, 0.25) is 0 Å². The number of rotatable bonds is 12. The van der Waals surface area contributed by atoms with Crippen molar-refractivity contribution in [2.45, 2.75) is 37.1 Å². The molecule has 0 aromatic heterocycles. The molecule has 8 heteroatoms. The number of methoxy groups -OCH3 is 2. The number of carbonyl (C=O) groups is 1. The first-order chi connectivity index (χ1) is 16.8. The average molecular weight is 497 g/mol. The lowest BCUT2D eigenvalue weighted by atomic mass is 10.1. The van der Waals surface area contributed by atoms with Crippen LogP contribution in [0.15, 0.2) is 77.7 Å². The van der Waals surface area contributed by atoms with Gasteiger partial charge in [0, 0.05) is 19.0 Å². The van der Waals surface area contributed by atoms with Crippen LogP contribution in [-0.4, -0.2) is 35.1 Å². The lowest BCUT2D eigenvalue weighted by Crippen LogP contribution is -2.27. The van der Waals surface area contributed by atoms with Gasteiger partial charge in [0.2, 0.25) is 15.9 Å². The molecule has 0 unspecified atom stereocenters. The zero-order chi connectivity index (χ0) is 25.3. The largest absolute Gasteiger partial charge is 0.493 e. The third-order valence-electron chi connectivity index (χ3n) is 5.69. The molecule has 0 bridgehead atoms. The minimum Gasteiger partial charge on any atom is -0.493 e. The smallest absolute Gasteiger partial charge is 0.241 e. The summed E-state index contributed by atoms with van der Waals surface area (Å²) in [6.45, 7) is 2.32. The van der Waals surface area contributed by atoms with Crippen LogP contribution in [0.5, 0.6) is 11.5 Å². The topological polar surface area (TPSA) is 93.7 Å². The van der Waals surface area contributed by atoms with Gasteiger partial charge in [-0.2, -0.15) is 0 Å². The molecule has 0 radical (unpaired) electrons. The van der Waals surface area contributed by atoms with Gasteiger partial charge in [-0.1, -0.05) is 48.5 Å². The van der Waals surface area contributed by atoms with E-state index < -0.39 is 10.0 Å².